The largest absolute Gasteiger partial charge is 0.488 e. The Morgan fingerprint density at radius 2 is 1.54 bits per heavy atom. The predicted molar refractivity (Wildman–Crippen MR) is 145 cm³/mol. The summed E-state index contributed by atoms with van der Waals surface area (Å²) in [6.07, 6.45) is 3.31. The van der Waals surface area contributed by atoms with Crippen molar-refractivity contribution in [3.05, 3.63) is 129 Å². The first kappa shape index (κ1) is 24.6. The van der Waals surface area contributed by atoms with Crippen molar-refractivity contribution in [1.82, 2.24) is 0 Å². The predicted octanol–water partition coefficient (Wildman–Crippen LogP) is 9.30. The Balaban J connectivity index is 1.59. The molecule has 0 aromatic heterocycles. The summed E-state index contributed by atoms with van der Waals surface area (Å²) in [5, 5.41) is 9.27. The summed E-state index contributed by atoms with van der Waals surface area (Å²) in [5.41, 5.74) is 4.72. The highest BCUT2D eigenvalue weighted by molar-refractivity contribution is 9.10. The molecule has 0 fully saturated rings. The van der Waals surface area contributed by atoms with Crippen molar-refractivity contribution in [3.63, 3.8) is 0 Å². The smallest absolute Gasteiger partial charge is 0.189 e. The average molecular weight is 546 g/mol. The van der Waals surface area contributed by atoms with Gasteiger partial charge in [0.2, 0.25) is 0 Å². The lowest BCUT2D eigenvalue weighted by atomic mass is 10.1. The average Bonchev–Trinajstić information content (AvgIpc) is 2.88. The van der Waals surface area contributed by atoms with Gasteiger partial charge >= 0.3 is 0 Å². The molecule has 0 amide bonds. The van der Waals surface area contributed by atoms with E-state index >= 15 is 0 Å². The van der Waals surface area contributed by atoms with Crippen LogP contribution in [-0.4, -0.2) is 5.78 Å². The molecule has 0 N–H and O–H groups in total. The van der Waals surface area contributed by atoms with Crippen molar-refractivity contribution in [2.75, 3.05) is 0 Å². The van der Waals surface area contributed by atoms with Crippen LogP contribution in [0.3, 0.4) is 0 Å². The molecule has 4 nitrogen and oxygen atoms in total. The van der Waals surface area contributed by atoms with Gasteiger partial charge in [0, 0.05) is 9.50 Å². The third-order valence-electron chi connectivity index (χ3n) is 5.15. The van der Waals surface area contributed by atoms with Gasteiger partial charge in [0.1, 0.15) is 12.4 Å². The van der Waals surface area contributed by atoms with Crippen LogP contribution in [0, 0.1) is 6.92 Å². The molecule has 35 heavy (non-hydrogen) atoms. The number of carbonyl (C=O) groups is 1. The zero-order chi connectivity index (χ0) is 24.6. The zero-order valence-electron chi connectivity index (χ0n) is 19.0. The van der Waals surface area contributed by atoms with Gasteiger partial charge in [-0.1, -0.05) is 75.6 Å². The van der Waals surface area contributed by atoms with Crippen LogP contribution in [0.15, 0.2) is 112 Å². The number of benzene rings is 4. The molecule has 0 saturated carbocycles. The third-order valence-corrected chi connectivity index (χ3v) is 5.93. The monoisotopic (exact) mass is 544 g/mol. The lowest BCUT2D eigenvalue weighted by Crippen LogP contribution is -2.02. The minimum absolute atomic E-state index is 0.189. The Kier molecular flexibility index (Phi) is 8.24. The van der Waals surface area contributed by atoms with Crippen molar-refractivity contribution < 1.29 is 9.53 Å². The molecular formula is C29H22BrClN2O2. The van der Waals surface area contributed by atoms with Crippen LogP contribution < -0.4 is 4.74 Å². The van der Waals surface area contributed by atoms with Gasteiger partial charge in [0.15, 0.2) is 5.78 Å². The standard InChI is InChI=1S/C29H22BrClN2O2/c1-20-2-13-25(14-3-20)32-33-26-15-17-29(35-19-22-6-11-24(31)12-7-22)27(18-26)28(34)16-8-21-4-9-23(30)10-5-21/h2-18H,19H2,1H3/b16-8+,33-32?. The maximum absolute atomic E-state index is 13.2. The topological polar surface area (TPSA) is 51.0 Å². The van der Waals surface area contributed by atoms with Crippen molar-refractivity contribution in [3.8, 4) is 5.75 Å². The highest BCUT2D eigenvalue weighted by Gasteiger charge is 2.12. The van der Waals surface area contributed by atoms with E-state index in [9.17, 15) is 4.79 Å². The maximum atomic E-state index is 13.2. The summed E-state index contributed by atoms with van der Waals surface area (Å²) < 4.78 is 6.98. The molecule has 0 aliphatic heterocycles. The number of hydrogen-bond acceptors (Lipinski definition) is 4. The van der Waals surface area contributed by atoms with Gasteiger partial charge in [-0.2, -0.15) is 10.2 Å². The SMILES string of the molecule is Cc1ccc(N=Nc2ccc(OCc3ccc(Cl)cc3)c(C(=O)/C=C/c3ccc(Br)cc3)c2)cc1. The van der Waals surface area contributed by atoms with E-state index in [1.807, 2.05) is 79.7 Å². The van der Waals surface area contributed by atoms with Crippen LogP contribution in [0.4, 0.5) is 11.4 Å². The summed E-state index contributed by atoms with van der Waals surface area (Å²) in [4.78, 5) is 13.2. The maximum Gasteiger partial charge on any atom is 0.189 e. The second kappa shape index (κ2) is 11.7. The molecule has 0 saturated heterocycles. The van der Waals surface area contributed by atoms with E-state index in [-0.39, 0.29) is 5.78 Å². The van der Waals surface area contributed by atoms with Crippen LogP contribution in [0.1, 0.15) is 27.0 Å². The molecule has 4 rings (SSSR count). The Bertz CT molecular complexity index is 1360. The highest BCUT2D eigenvalue weighted by atomic mass is 79.9. The first-order valence-corrected chi connectivity index (χ1v) is 12.1. The summed E-state index contributed by atoms with van der Waals surface area (Å²) in [6, 6.07) is 28.1. The van der Waals surface area contributed by atoms with Crippen LogP contribution in [0.5, 0.6) is 5.75 Å². The number of rotatable bonds is 8. The molecule has 0 bridgehead atoms. The molecule has 0 atom stereocenters. The molecular weight excluding hydrogens is 524 g/mol. The minimum Gasteiger partial charge on any atom is -0.488 e. The van der Waals surface area contributed by atoms with Crippen molar-refractivity contribution in [1.29, 1.82) is 0 Å². The molecule has 0 aliphatic rings. The number of azo groups is 1. The van der Waals surface area contributed by atoms with Gasteiger partial charge in [0.25, 0.3) is 0 Å². The van der Waals surface area contributed by atoms with Gasteiger partial charge in [-0.3, -0.25) is 4.79 Å². The number of halogens is 2. The normalized spacial score (nSPS) is 11.3. The van der Waals surface area contributed by atoms with Crippen LogP contribution in [0.2, 0.25) is 5.02 Å². The Hall–Kier alpha value is -3.54. The molecule has 4 aromatic carbocycles. The number of carbonyl (C=O) groups excluding carboxylic acids is 1. The number of ketones is 1. The first-order chi connectivity index (χ1) is 17.0. The molecule has 0 radical (unpaired) electrons. The van der Waals surface area contributed by atoms with E-state index in [0.717, 1.165) is 26.9 Å². The van der Waals surface area contributed by atoms with Gasteiger partial charge in [-0.25, -0.2) is 0 Å². The lowest BCUT2D eigenvalue weighted by Gasteiger charge is -2.11. The van der Waals surface area contributed by atoms with E-state index in [1.54, 1.807) is 24.3 Å². The molecule has 174 valence electrons. The van der Waals surface area contributed by atoms with Crippen LogP contribution >= 0.6 is 27.5 Å². The fourth-order valence-electron chi connectivity index (χ4n) is 3.20. The van der Waals surface area contributed by atoms with E-state index in [0.29, 0.717) is 28.6 Å². The van der Waals surface area contributed by atoms with Crippen molar-refractivity contribution in [2.45, 2.75) is 13.5 Å². The van der Waals surface area contributed by atoms with Gasteiger partial charge in [-0.05, 0) is 78.7 Å². The number of ether oxygens (including phenoxy) is 1. The first-order valence-electron chi connectivity index (χ1n) is 10.9. The van der Waals surface area contributed by atoms with Crippen LogP contribution in [0.25, 0.3) is 6.08 Å². The molecule has 0 unspecified atom stereocenters. The zero-order valence-corrected chi connectivity index (χ0v) is 21.3. The Labute approximate surface area is 218 Å². The fraction of sp³-hybridized carbons (Fsp3) is 0.0690. The van der Waals surface area contributed by atoms with E-state index in [1.165, 1.54) is 6.08 Å². The minimum atomic E-state index is -0.189. The Morgan fingerprint density at radius 3 is 2.26 bits per heavy atom. The van der Waals surface area contributed by atoms with E-state index < -0.39 is 0 Å². The number of hydrogen-bond donors (Lipinski definition) is 0. The van der Waals surface area contributed by atoms with Crippen LogP contribution in [-0.2, 0) is 6.61 Å². The second-order valence-corrected chi connectivity index (χ2v) is 9.23. The van der Waals surface area contributed by atoms with Gasteiger partial charge < -0.3 is 4.74 Å². The van der Waals surface area contributed by atoms with E-state index in [4.69, 9.17) is 16.3 Å². The van der Waals surface area contributed by atoms with Gasteiger partial charge in [0.05, 0.1) is 16.9 Å². The summed E-state index contributed by atoms with van der Waals surface area (Å²) in [6.45, 7) is 2.32. The van der Waals surface area contributed by atoms with Crippen molar-refractivity contribution in [2.24, 2.45) is 10.2 Å². The molecule has 0 spiro atoms. The molecule has 4 aromatic rings. The number of allylic oxidation sites excluding steroid dienone is 1. The molecule has 0 heterocycles. The lowest BCUT2D eigenvalue weighted by molar-refractivity contribution is 0.104. The third kappa shape index (κ3) is 7.22. The number of nitrogens with zero attached hydrogens (tertiary/aromatic N) is 2. The van der Waals surface area contributed by atoms with Crippen molar-refractivity contribution >= 4 is 50.8 Å². The molecule has 6 heteroatoms. The summed E-state index contributed by atoms with van der Waals surface area (Å²) in [7, 11) is 0. The Morgan fingerprint density at radius 1 is 0.886 bits per heavy atom. The molecule has 0 aliphatic carbocycles. The summed E-state index contributed by atoms with van der Waals surface area (Å²) in [5.74, 6) is 0.283. The summed E-state index contributed by atoms with van der Waals surface area (Å²) >= 11 is 9.39. The number of aryl methyl sites for hydroxylation is 1. The second-order valence-electron chi connectivity index (χ2n) is 7.88. The fourth-order valence-corrected chi connectivity index (χ4v) is 3.59. The van der Waals surface area contributed by atoms with E-state index in [2.05, 4.69) is 26.2 Å². The van der Waals surface area contributed by atoms with Gasteiger partial charge in [-0.15, -0.1) is 0 Å². The quantitative estimate of drug-likeness (QED) is 0.126. The highest BCUT2D eigenvalue weighted by Crippen LogP contribution is 2.28.